The molecule has 0 fully saturated rings. The maximum Gasteiger partial charge on any atom is 0.109 e. The Morgan fingerprint density at radius 3 is 3.07 bits per heavy atom. The molecule has 0 spiro atoms. The van der Waals surface area contributed by atoms with Gasteiger partial charge in [-0.15, -0.1) is 0 Å². The largest absolute Gasteiger partial charge is 0.372 e. The summed E-state index contributed by atoms with van der Waals surface area (Å²) in [5, 5.41) is 13.0. The fourth-order valence-electron chi connectivity index (χ4n) is 1.25. The maximum absolute atomic E-state index is 8.74. The Kier molecular flexibility index (Phi) is 2.96. The van der Waals surface area contributed by atoms with Crippen molar-refractivity contribution >= 4 is 16.5 Å². The van der Waals surface area contributed by atoms with Gasteiger partial charge in [-0.2, -0.15) is 9.64 Å². The highest BCUT2D eigenvalue weighted by Gasteiger charge is 1.96. The molecule has 0 radical (unpaired) electrons. The number of hydrogen-bond donors (Lipinski definition) is 1. The van der Waals surface area contributed by atoms with Crippen LogP contribution >= 0.6 is 11.5 Å². The van der Waals surface area contributed by atoms with Crippen LogP contribution in [-0.2, 0) is 6.54 Å². The number of benzene rings is 1. The van der Waals surface area contributed by atoms with Gasteiger partial charge in [0.15, 0.2) is 0 Å². The first-order chi connectivity index (χ1) is 7.38. The lowest BCUT2D eigenvalue weighted by atomic mass is 10.1. The van der Waals surface area contributed by atoms with E-state index in [1.807, 2.05) is 24.3 Å². The fraction of sp³-hybridized carbons (Fsp3) is 0.0909. The van der Waals surface area contributed by atoms with Gasteiger partial charge in [-0.05, 0) is 35.3 Å². The molecule has 74 valence electrons. The topological polar surface area (TPSA) is 48.7 Å². The summed E-state index contributed by atoms with van der Waals surface area (Å²) < 4.78 is 4.00. The molecule has 0 unspecified atom stereocenters. The summed E-state index contributed by atoms with van der Waals surface area (Å²) in [5.74, 6) is 0. The highest BCUT2D eigenvalue weighted by atomic mass is 32.1. The van der Waals surface area contributed by atoms with E-state index in [2.05, 4.69) is 15.8 Å². The van der Waals surface area contributed by atoms with E-state index >= 15 is 0 Å². The molecule has 0 aliphatic rings. The van der Waals surface area contributed by atoms with Crippen molar-refractivity contribution in [2.45, 2.75) is 6.54 Å². The average molecular weight is 215 g/mol. The van der Waals surface area contributed by atoms with Gasteiger partial charge in [-0.3, -0.25) is 0 Å². The van der Waals surface area contributed by atoms with Crippen molar-refractivity contribution in [1.29, 1.82) is 5.26 Å². The van der Waals surface area contributed by atoms with Crippen LogP contribution in [-0.4, -0.2) is 4.37 Å². The third-order valence-electron chi connectivity index (χ3n) is 1.96. The molecule has 2 rings (SSSR count). The van der Waals surface area contributed by atoms with Gasteiger partial charge in [-0.1, -0.05) is 12.1 Å². The number of nitrogens with zero attached hydrogens (tertiary/aromatic N) is 2. The van der Waals surface area contributed by atoms with Crippen molar-refractivity contribution in [3.05, 3.63) is 47.7 Å². The van der Waals surface area contributed by atoms with Gasteiger partial charge < -0.3 is 5.32 Å². The van der Waals surface area contributed by atoms with E-state index in [1.54, 1.807) is 12.3 Å². The molecule has 4 heteroatoms. The van der Waals surface area contributed by atoms with Crippen LogP contribution in [0.1, 0.15) is 11.1 Å². The number of nitriles is 1. The fourth-order valence-corrected chi connectivity index (χ4v) is 1.74. The smallest absolute Gasteiger partial charge is 0.109 e. The van der Waals surface area contributed by atoms with E-state index in [-0.39, 0.29) is 0 Å². The molecule has 2 aromatic rings. The van der Waals surface area contributed by atoms with E-state index in [0.29, 0.717) is 5.56 Å². The summed E-state index contributed by atoms with van der Waals surface area (Å²) in [6.07, 6.45) is 1.76. The van der Waals surface area contributed by atoms with Crippen LogP contribution in [0.15, 0.2) is 36.5 Å². The standard InChI is InChI=1S/C11H9N3S/c12-7-9-2-1-3-10(6-9)8-13-11-4-5-14-15-11/h1-6,13H,8H2. The SMILES string of the molecule is N#Cc1cccc(CNc2ccns2)c1. The molecule has 0 atom stereocenters. The second-order valence-corrected chi connectivity index (χ2v) is 3.88. The Balaban J connectivity index is 2.02. The third-order valence-corrected chi connectivity index (χ3v) is 2.66. The Morgan fingerprint density at radius 1 is 1.40 bits per heavy atom. The third kappa shape index (κ3) is 2.55. The van der Waals surface area contributed by atoms with E-state index in [4.69, 9.17) is 5.26 Å². The number of aromatic nitrogens is 1. The van der Waals surface area contributed by atoms with Crippen molar-refractivity contribution in [2.24, 2.45) is 0 Å². The van der Waals surface area contributed by atoms with Crippen molar-refractivity contribution < 1.29 is 0 Å². The van der Waals surface area contributed by atoms with Crippen LogP contribution in [0, 0.1) is 11.3 Å². The summed E-state index contributed by atoms with van der Waals surface area (Å²) in [5.41, 5.74) is 1.79. The molecule has 3 nitrogen and oxygen atoms in total. The maximum atomic E-state index is 8.74. The van der Waals surface area contributed by atoms with Crippen molar-refractivity contribution in [3.63, 3.8) is 0 Å². The Hall–Kier alpha value is -1.86. The monoisotopic (exact) mass is 215 g/mol. The van der Waals surface area contributed by atoms with Crippen molar-refractivity contribution in [1.82, 2.24) is 4.37 Å². The first-order valence-electron chi connectivity index (χ1n) is 4.52. The number of nitrogens with one attached hydrogen (secondary N) is 1. The molecule has 1 heterocycles. The van der Waals surface area contributed by atoms with Crippen LogP contribution in [0.4, 0.5) is 5.00 Å². The lowest BCUT2D eigenvalue weighted by molar-refractivity contribution is 1.16. The molecular weight excluding hydrogens is 206 g/mol. The Bertz CT molecular complexity index is 471. The summed E-state index contributed by atoms with van der Waals surface area (Å²) >= 11 is 1.43. The minimum Gasteiger partial charge on any atom is -0.372 e. The van der Waals surface area contributed by atoms with E-state index < -0.39 is 0 Å². The van der Waals surface area contributed by atoms with Crippen LogP contribution in [0.25, 0.3) is 0 Å². The molecule has 0 aliphatic carbocycles. The lowest BCUT2D eigenvalue weighted by Gasteiger charge is -2.02. The van der Waals surface area contributed by atoms with Gasteiger partial charge in [-0.25, -0.2) is 0 Å². The summed E-state index contributed by atoms with van der Waals surface area (Å²) in [6.45, 7) is 0.720. The Morgan fingerprint density at radius 2 is 2.33 bits per heavy atom. The number of anilines is 1. The summed E-state index contributed by atoms with van der Waals surface area (Å²) in [4.78, 5) is 0. The molecule has 0 saturated heterocycles. The average Bonchev–Trinajstić information content (AvgIpc) is 2.79. The molecule has 0 bridgehead atoms. The van der Waals surface area contributed by atoms with Gasteiger partial charge in [0.05, 0.1) is 11.6 Å². The second-order valence-electron chi connectivity index (χ2n) is 3.04. The lowest BCUT2D eigenvalue weighted by Crippen LogP contribution is -1.97. The minimum atomic E-state index is 0.693. The predicted octanol–water partition coefficient (Wildman–Crippen LogP) is 2.63. The zero-order valence-electron chi connectivity index (χ0n) is 7.97. The highest BCUT2D eigenvalue weighted by molar-refractivity contribution is 7.10. The van der Waals surface area contributed by atoms with E-state index in [9.17, 15) is 0 Å². The minimum absolute atomic E-state index is 0.693. The van der Waals surface area contributed by atoms with Crippen molar-refractivity contribution in [2.75, 3.05) is 5.32 Å². The normalized spacial score (nSPS) is 9.53. The molecule has 0 amide bonds. The summed E-state index contributed by atoms with van der Waals surface area (Å²) in [7, 11) is 0. The predicted molar refractivity (Wildman–Crippen MR) is 60.6 cm³/mol. The van der Waals surface area contributed by atoms with Crippen LogP contribution in [0.3, 0.4) is 0 Å². The second kappa shape index (κ2) is 4.58. The van der Waals surface area contributed by atoms with Crippen LogP contribution < -0.4 is 5.32 Å². The molecule has 1 N–H and O–H groups in total. The molecular formula is C11H9N3S. The van der Waals surface area contributed by atoms with Crippen LogP contribution in [0.5, 0.6) is 0 Å². The molecule has 0 saturated carbocycles. The number of rotatable bonds is 3. The zero-order valence-corrected chi connectivity index (χ0v) is 8.79. The van der Waals surface area contributed by atoms with Gasteiger partial charge in [0, 0.05) is 12.7 Å². The van der Waals surface area contributed by atoms with E-state index in [0.717, 1.165) is 17.1 Å². The molecule has 1 aromatic carbocycles. The van der Waals surface area contributed by atoms with Gasteiger partial charge in [0.1, 0.15) is 5.00 Å². The zero-order chi connectivity index (χ0) is 10.5. The van der Waals surface area contributed by atoms with Gasteiger partial charge in [0.25, 0.3) is 0 Å². The first-order valence-corrected chi connectivity index (χ1v) is 5.29. The van der Waals surface area contributed by atoms with Gasteiger partial charge in [0.2, 0.25) is 0 Å². The highest BCUT2D eigenvalue weighted by Crippen LogP contribution is 2.13. The molecule has 0 aliphatic heterocycles. The molecule has 1 aromatic heterocycles. The number of hydrogen-bond acceptors (Lipinski definition) is 4. The van der Waals surface area contributed by atoms with Crippen molar-refractivity contribution in [3.8, 4) is 6.07 Å². The molecule has 15 heavy (non-hydrogen) atoms. The van der Waals surface area contributed by atoms with Gasteiger partial charge >= 0.3 is 0 Å². The van der Waals surface area contributed by atoms with E-state index in [1.165, 1.54) is 11.5 Å². The quantitative estimate of drug-likeness (QED) is 0.856. The first kappa shape index (κ1) is 9.69. The Labute approximate surface area is 92.2 Å². The summed E-state index contributed by atoms with van der Waals surface area (Å²) in [6, 6.07) is 11.6. The van der Waals surface area contributed by atoms with Crippen LogP contribution in [0.2, 0.25) is 0 Å².